The number of nitrogens with one attached hydrogen (secondary N) is 1. The van der Waals surface area contributed by atoms with E-state index in [1.807, 2.05) is 71.0 Å². The molecule has 1 aromatic heterocycles. The number of carbonyl (C=O) groups excluding carboxylic acids is 3. The van der Waals surface area contributed by atoms with Crippen LogP contribution in [0.1, 0.15) is 31.2 Å². The Hall–Kier alpha value is -4.00. The number of hydrogen-bond acceptors (Lipinski definition) is 5. The number of hydrogen-bond donors (Lipinski definition) is 1. The van der Waals surface area contributed by atoms with Crippen LogP contribution >= 0.6 is 22.9 Å². The Balaban J connectivity index is 1.55. The highest BCUT2D eigenvalue weighted by atomic mass is 35.5. The summed E-state index contributed by atoms with van der Waals surface area (Å²) in [6, 6.07) is 24.1. The number of rotatable bonds is 4. The molecule has 7 rings (SSSR count). The van der Waals surface area contributed by atoms with Crippen LogP contribution in [0.15, 0.2) is 96.4 Å². The summed E-state index contributed by atoms with van der Waals surface area (Å²) in [7, 11) is 0. The van der Waals surface area contributed by atoms with Crippen molar-refractivity contribution < 1.29 is 14.4 Å². The highest BCUT2D eigenvalue weighted by Crippen LogP contribution is 2.58. The molecule has 7 heteroatoms. The van der Waals surface area contributed by atoms with Crippen molar-refractivity contribution in [1.29, 1.82) is 0 Å². The molecule has 1 amide bonds. The van der Waals surface area contributed by atoms with Gasteiger partial charge in [0.2, 0.25) is 5.91 Å². The molecule has 186 valence electrons. The second-order valence-electron chi connectivity index (χ2n) is 9.78. The number of carbonyl (C=O) groups is 3. The van der Waals surface area contributed by atoms with E-state index in [4.69, 9.17) is 11.6 Å². The average Bonchev–Trinajstić information content (AvgIpc) is 3.65. The smallest absolute Gasteiger partial charge is 0.238 e. The molecule has 4 aromatic rings. The van der Waals surface area contributed by atoms with Crippen molar-refractivity contribution in [2.45, 2.75) is 17.5 Å². The number of nitrogens with zero attached hydrogens (tertiary/aromatic N) is 1. The fraction of sp³-hybridized carbons (Fsp3) is 0.129. The number of anilines is 2. The van der Waals surface area contributed by atoms with Crippen LogP contribution in [0.25, 0.3) is 6.08 Å². The van der Waals surface area contributed by atoms with Crippen molar-refractivity contribution in [2.24, 2.45) is 5.92 Å². The predicted octanol–water partition coefficient (Wildman–Crippen LogP) is 6.26. The van der Waals surface area contributed by atoms with E-state index in [1.165, 1.54) is 11.3 Å². The largest absolute Gasteiger partial charge is 0.352 e. The average molecular weight is 537 g/mol. The quantitative estimate of drug-likeness (QED) is 0.313. The van der Waals surface area contributed by atoms with Crippen LogP contribution < -0.4 is 10.2 Å². The molecule has 4 atom stereocenters. The summed E-state index contributed by atoms with van der Waals surface area (Å²) in [6.45, 7) is 0. The zero-order chi connectivity index (χ0) is 26.0. The maximum absolute atomic E-state index is 14.6. The second kappa shape index (κ2) is 8.51. The number of benzene rings is 3. The number of amides is 1. The number of fused-ring (bicyclic) bond motifs is 6. The van der Waals surface area contributed by atoms with Crippen molar-refractivity contribution >= 4 is 57.9 Å². The zero-order valence-electron chi connectivity index (χ0n) is 20.0. The van der Waals surface area contributed by atoms with Gasteiger partial charge in [0.25, 0.3) is 0 Å². The first-order valence-corrected chi connectivity index (χ1v) is 13.6. The van der Waals surface area contributed by atoms with E-state index in [-0.39, 0.29) is 17.5 Å². The maximum atomic E-state index is 14.6. The Morgan fingerprint density at radius 3 is 2.50 bits per heavy atom. The van der Waals surface area contributed by atoms with Crippen molar-refractivity contribution in [3.05, 3.63) is 123 Å². The molecule has 0 aliphatic carbocycles. The summed E-state index contributed by atoms with van der Waals surface area (Å²) < 4.78 is 0. The normalized spacial score (nSPS) is 24.6. The molecule has 1 spiro atoms. The van der Waals surface area contributed by atoms with Crippen LogP contribution in [0.3, 0.4) is 0 Å². The van der Waals surface area contributed by atoms with Gasteiger partial charge in [-0.05, 0) is 46.8 Å². The van der Waals surface area contributed by atoms with Crippen LogP contribution in [-0.2, 0) is 10.2 Å². The van der Waals surface area contributed by atoms with E-state index in [0.717, 1.165) is 16.8 Å². The number of Topliss-reactive ketones (excluding diaryl/α,β-unsaturated/α-hetero) is 2. The highest BCUT2D eigenvalue weighted by Gasteiger charge is 2.70. The lowest BCUT2D eigenvalue weighted by Crippen LogP contribution is -2.51. The Bertz CT molecular complexity index is 1650. The van der Waals surface area contributed by atoms with E-state index in [2.05, 4.69) is 5.32 Å². The Labute approximate surface area is 228 Å². The first-order valence-electron chi connectivity index (χ1n) is 12.4. The van der Waals surface area contributed by atoms with Crippen molar-refractivity contribution in [3.63, 3.8) is 0 Å². The summed E-state index contributed by atoms with van der Waals surface area (Å²) in [5, 5.41) is 5.47. The number of halogens is 1. The van der Waals surface area contributed by atoms with Gasteiger partial charge < -0.3 is 10.2 Å². The monoisotopic (exact) mass is 536 g/mol. The van der Waals surface area contributed by atoms with Gasteiger partial charge >= 0.3 is 0 Å². The maximum Gasteiger partial charge on any atom is 0.238 e. The molecule has 0 radical (unpaired) electrons. The van der Waals surface area contributed by atoms with Gasteiger partial charge in [0.15, 0.2) is 11.6 Å². The standard InChI is InChI=1S/C31H21ClN2O3S/c32-20-13-14-23-19(17-20)12-15-25-31(21-9-4-5-10-22(21)33-30(31)37)26(28(35)18-7-2-1-3-8-18)27(34(23)25)29(36)24-11-6-16-38-24/h1-17,25-27H,(H,33,37). The summed E-state index contributed by atoms with van der Waals surface area (Å²) in [6.07, 6.45) is 3.90. The second-order valence-corrected chi connectivity index (χ2v) is 11.2. The van der Waals surface area contributed by atoms with E-state index in [9.17, 15) is 14.4 Å². The third kappa shape index (κ3) is 3.08. The molecule has 0 bridgehead atoms. The first-order chi connectivity index (χ1) is 18.5. The van der Waals surface area contributed by atoms with Gasteiger partial charge in [-0.3, -0.25) is 14.4 Å². The molecular weight excluding hydrogens is 516 g/mol. The summed E-state index contributed by atoms with van der Waals surface area (Å²) >= 11 is 7.67. The summed E-state index contributed by atoms with van der Waals surface area (Å²) in [5.41, 5.74) is 2.18. The summed E-state index contributed by atoms with van der Waals surface area (Å²) in [4.78, 5) is 45.7. The van der Waals surface area contributed by atoms with Crippen LogP contribution in [0.4, 0.5) is 11.4 Å². The predicted molar refractivity (Wildman–Crippen MR) is 150 cm³/mol. The van der Waals surface area contributed by atoms with E-state index in [0.29, 0.717) is 21.2 Å². The van der Waals surface area contributed by atoms with Crippen molar-refractivity contribution in [3.8, 4) is 0 Å². The molecule has 5 nitrogen and oxygen atoms in total. The highest BCUT2D eigenvalue weighted by molar-refractivity contribution is 7.12. The molecule has 3 aromatic carbocycles. The lowest BCUT2D eigenvalue weighted by atomic mass is 9.64. The van der Waals surface area contributed by atoms with Gasteiger partial charge in [0.05, 0.1) is 16.8 Å². The minimum absolute atomic E-state index is 0.176. The van der Waals surface area contributed by atoms with Gasteiger partial charge in [-0.2, -0.15) is 0 Å². The van der Waals surface area contributed by atoms with E-state index < -0.39 is 23.4 Å². The van der Waals surface area contributed by atoms with Gasteiger partial charge in [0.1, 0.15) is 11.5 Å². The van der Waals surface area contributed by atoms with Gasteiger partial charge in [-0.1, -0.05) is 78.4 Å². The number of para-hydroxylation sites is 1. The molecule has 4 unspecified atom stereocenters. The van der Waals surface area contributed by atoms with Crippen LogP contribution in [0.5, 0.6) is 0 Å². The van der Waals surface area contributed by atoms with Crippen LogP contribution in [-0.4, -0.2) is 29.6 Å². The molecule has 1 N–H and O–H groups in total. The lowest BCUT2D eigenvalue weighted by molar-refractivity contribution is -0.121. The van der Waals surface area contributed by atoms with Crippen LogP contribution in [0.2, 0.25) is 5.02 Å². The zero-order valence-corrected chi connectivity index (χ0v) is 21.6. The number of thiophene rings is 1. The van der Waals surface area contributed by atoms with E-state index >= 15 is 0 Å². The minimum atomic E-state index is -1.31. The van der Waals surface area contributed by atoms with Crippen molar-refractivity contribution in [1.82, 2.24) is 0 Å². The SMILES string of the molecule is O=C(c1cccs1)C1C(C(=O)c2ccccc2)C2(C(=O)Nc3ccccc32)C2C=Cc3cc(Cl)ccc3N12. The molecule has 38 heavy (non-hydrogen) atoms. The minimum Gasteiger partial charge on any atom is -0.352 e. The summed E-state index contributed by atoms with van der Waals surface area (Å²) in [5.74, 6) is -1.65. The Kier molecular flexibility index (Phi) is 5.18. The first kappa shape index (κ1) is 23.1. The third-order valence-electron chi connectivity index (χ3n) is 7.97. The van der Waals surface area contributed by atoms with E-state index in [1.54, 1.807) is 36.4 Å². The molecule has 3 aliphatic heterocycles. The van der Waals surface area contributed by atoms with Crippen LogP contribution in [0, 0.1) is 5.92 Å². The fourth-order valence-electron chi connectivity index (χ4n) is 6.50. The molecule has 0 saturated carbocycles. The molecule has 4 heterocycles. The molecule has 1 fully saturated rings. The fourth-order valence-corrected chi connectivity index (χ4v) is 7.37. The number of ketones is 2. The van der Waals surface area contributed by atoms with Gasteiger partial charge in [-0.15, -0.1) is 11.3 Å². The Morgan fingerprint density at radius 1 is 0.921 bits per heavy atom. The topological polar surface area (TPSA) is 66.5 Å². The van der Waals surface area contributed by atoms with Gasteiger partial charge in [-0.25, -0.2) is 0 Å². The molecular formula is C31H21ClN2O3S. The molecule has 1 saturated heterocycles. The third-order valence-corrected chi connectivity index (χ3v) is 9.09. The lowest BCUT2D eigenvalue weighted by Gasteiger charge is -2.37. The molecule has 3 aliphatic rings. The van der Waals surface area contributed by atoms with Crippen molar-refractivity contribution in [2.75, 3.05) is 10.2 Å². The Morgan fingerprint density at radius 2 is 1.71 bits per heavy atom. The van der Waals surface area contributed by atoms with Gasteiger partial charge in [0, 0.05) is 22.0 Å².